The third-order valence-electron chi connectivity index (χ3n) is 4.37. The van der Waals surface area contributed by atoms with Gasteiger partial charge in [0.25, 0.3) is 5.91 Å². The molecule has 8 heteroatoms. The van der Waals surface area contributed by atoms with Gasteiger partial charge in [-0.05, 0) is 43.2 Å². The number of benzene rings is 2. The lowest BCUT2D eigenvalue weighted by Crippen LogP contribution is -2.32. The highest BCUT2D eigenvalue weighted by molar-refractivity contribution is 6.30. The van der Waals surface area contributed by atoms with Crippen LogP contribution >= 0.6 is 11.6 Å². The van der Waals surface area contributed by atoms with Crippen molar-refractivity contribution in [2.75, 3.05) is 20.2 Å². The minimum atomic E-state index is -0.540. The first-order valence-electron chi connectivity index (χ1n) is 9.04. The summed E-state index contributed by atoms with van der Waals surface area (Å²) in [4.78, 5) is 13.7. The van der Waals surface area contributed by atoms with Gasteiger partial charge in [-0.2, -0.15) is 5.10 Å². The van der Waals surface area contributed by atoms with Crippen molar-refractivity contribution in [2.45, 2.75) is 12.8 Å². The number of amides is 1. The number of rotatable bonds is 8. The third kappa shape index (κ3) is 5.77. The molecule has 29 heavy (non-hydrogen) atoms. The van der Waals surface area contributed by atoms with Gasteiger partial charge in [-0.15, -0.1) is 0 Å². The molecule has 0 bridgehead atoms. The van der Waals surface area contributed by atoms with E-state index in [2.05, 4.69) is 10.2 Å². The van der Waals surface area contributed by atoms with E-state index >= 15 is 0 Å². The molecule has 0 saturated carbocycles. The van der Waals surface area contributed by atoms with Crippen LogP contribution in [0.3, 0.4) is 0 Å². The van der Waals surface area contributed by atoms with Crippen LogP contribution in [0.25, 0.3) is 11.3 Å². The molecule has 0 aliphatic carbocycles. The minimum Gasteiger partial charge on any atom is -0.484 e. The second kappa shape index (κ2) is 9.52. The van der Waals surface area contributed by atoms with Crippen LogP contribution in [-0.2, 0) is 11.2 Å². The summed E-state index contributed by atoms with van der Waals surface area (Å²) in [5, 5.41) is 7.09. The Balaban J connectivity index is 1.44. The monoisotopic (exact) mass is 419 g/mol. The van der Waals surface area contributed by atoms with E-state index in [-0.39, 0.29) is 23.4 Å². The van der Waals surface area contributed by atoms with Crippen molar-refractivity contribution in [1.82, 2.24) is 15.1 Å². The predicted octanol–water partition coefficient (Wildman–Crippen LogP) is 4.48. The molecule has 0 saturated heterocycles. The fourth-order valence-electron chi connectivity index (χ4n) is 2.74. The number of hydrogen-bond acceptors (Lipinski definition) is 3. The van der Waals surface area contributed by atoms with Crippen LogP contribution in [0.15, 0.2) is 48.5 Å². The van der Waals surface area contributed by atoms with Crippen molar-refractivity contribution in [3.63, 3.8) is 0 Å². The zero-order valence-electron chi connectivity index (χ0n) is 15.8. The maximum absolute atomic E-state index is 13.3. The Labute approximate surface area is 172 Å². The number of aromatic amines is 1. The van der Waals surface area contributed by atoms with E-state index in [1.54, 1.807) is 24.1 Å². The number of ether oxygens (including phenoxy) is 1. The molecule has 0 unspecified atom stereocenters. The number of aromatic nitrogens is 2. The molecule has 0 radical (unpaired) electrons. The highest BCUT2D eigenvalue weighted by Crippen LogP contribution is 2.21. The lowest BCUT2D eigenvalue weighted by molar-refractivity contribution is -0.132. The fraction of sp³-hybridized carbons (Fsp3) is 0.238. The average molecular weight is 420 g/mol. The van der Waals surface area contributed by atoms with E-state index in [0.717, 1.165) is 12.1 Å². The Bertz CT molecular complexity index is 994. The summed E-state index contributed by atoms with van der Waals surface area (Å²) in [6.45, 7) is 0.368. The van der Waals surface area contributed by atoms with Crippen LogP contribution in [-0.4, -0.2) is 41.2 Å². The Kier molecular flexibility index (Phi) is 6.82. The molecule has 1 amide bonds. The van der Waals surface area contributed by atoms with E-state index in [1.807, 2.05) is 6.07 Å². The van der Waals surface area contributed by atoms with Gasteiger partial charge in [-0.25, -0.2) is 8.78 Å². The first-order valence-corrected chi connectivity index (χ1v) is 9.42. The van der Waals surface area contributed by atoms with Crippen LogP contribution in [0.5, 0.6) is 5.75 Å². The molecule has 5 nitrogen and oxygen atoms in total. The van der Waals surface area contributed by atoms with E-state index in [1.165, 1.54) is 30.3 Å². The molecule has 1 N–H and O–H groups in total. The molecule has 3 rings (SSSR count). The molecule has 1 heterocycles. The average Bonchev–Trinajstić information content (AvgIpc) is 3.17. The molecule has 3 aromatic rings. The van der Waals surface area contributed by atoms with E-state index in [9.17, 15) is 13.6 Å². The van der Waals surface area contributed by atoms with Crippen molar-refractivity contribution in [3.8, 4) is 17.0 Å². The SMILES string of the molecule is CN(CCCc1cc(-c2cccc(F)c2)n[nH]1)C(=O)COc1ccc(F)c(Cl)c1. The molecule has 0 aliphatic heterocycles. The van der Waals surface area contributed by atoms with Crippen molar-refractivity contribution < 1.29 is 18.3 Å². The van der Waals surface area contributed by atoms with Crippen LogP contribution < -0.4 is 4.74 Å². The molecule has 0 spiro atoms. The number of carbonyl (C=O) groups is 1. The van der Waals surface area contributed by atoms with Gasteiger partial charge in [0.1, 0.15) is 17.4 Å². The van der Waals surface area contributed by atoms with Crippen LogP contribution in [0.1, 0.15) is 12.1 Å². The summed E-state index contributed by atoms with van der Waals surface area (Å²) in [5.74, 6) is -0.713. The van der Waals surface area contributed by atoms with E-state index < -0.39 is 5.82 Å². The third-order valence-corrected chi connectivity index (χ3v) is 4.66. The smallest absolute Gasteiger partial charge is 0.260 e. The molecule has 0 aliphatic rings. The quantitative estimate of drug-likeness (QED) is 0.585. The van der Waals surface area contributed by atoms with Gasteiger partial charge in [0.2, 0.25) is 0 Å². The van der Waals surface area contributed by atoms with Crippen molar-refractivity contribution in [2.24, 2.45) is 0 Å². The summed E-state index contributed by atoms with van der Waals surface area (Å²) >= 11 is 5.69. The van der Waals surface area contributed by atoms with E-state index in [4.69, 9.17) is 16.3 Å². The summed E-state index contributed by atoms with van der Waals surface area (Å²) in [5.41, 5.74) is 2.29. The fourth-order valence-corrected chi connectivity index (χ4v) is 2.91. The highest BCUT2D eigenvalue weighted by Gasteiger charge is 2.11. The van der Waals surface area contributed by atoms with Crippen LogP contribution in [0.2, 0.25) is 5.02 Å². The summed E-state index contributed by atoms with van der Waals surface area (Å²) in [7, 11) is 1.69. The number of H-pyrrole nitrogens is 1. The Hall–Kier alpha value is -2.93. The Morgan fingerprint density at radius 3 is 2.79 bits per heavy atom. The molecular formula is C21H20ClF2N3O2. The molecule has 0 fully saturated rings. The Morgan fingerprint density at radius 1 is 1.21 bits per heavy atom. The van der Waals surface area contributed by atoms with E-state index in [0.29, 0.717) is 30.0 Å². The van der Waals surface area contributed by atoms with Gasteiger partial charge in [-0.3, -0.25) is 9.89 Å². The first-order chi connectivity index (χ1) is 13.9. The number of likely N-dealkylation sites (N-methyl/N-ethyl adjacent to an activating group) is 1. The number of hydrogen-bond donors (Lipinski definition) is 1. The van der Waals surface area contributed by atoms with Crippen LogP contribution in [0.4, 0.5) is 8.78 Å². The van der Waals surface area contributed by atoms with Gasteiger partial charge < -0.3 is 9.64 Å². The number of nitrogens with one attached hydrogen (secondary N) is 1. The zero-order chi connectivity index (χ0) is 20.8. The van der Waals surface area contributed by atoms with Gasteiger partial charge in [0, 0.05) is 30.9 Å². The summed E-state index contributed by atoms with van der Waals surface area (Å²) < 4.78 is 31.8. The van der Waals surface area contributed by atoms with Crippen molar-refractivity contribution in [1.29, 1.82) is 0 Å². The maximum atomic E-state index is 13.3. The number of aryl methyl sites for hydroxylation is 1. The largest absolute Gasteiger partial charge is 0.484 e. The standard InChI is InChI=1S/C21H20ClF2N3O2/c1-27(21(28)13-29-17-7-8-19(24)18(22)12-17)9-3-6-16-11-20(26-25-16)14-4-2-5-15(23)10-14/h2,4-5,7-8,10-12H,3,6,9,13H2,1H3,(H,25,26). The first kappa shape index (κ1) is 20.8. The van der Waals surface area contributed by atoms with Gasteiger partial charge >= 0.3 is 0 Å². The molecule has 2 aromatic carbocycles. The predicted molar refractivity (Wildman–Crippen MR) is 107 cm³/mol. The number of halogens is 3. The molecule has 0 atom stereocenters. The summed E-state index contributed by atoms with van der Waals surface area (Å²) in [6.07, 6.45) is 1.41. The molecular weight excluding hydrogens is 400 g/mol. The lowest BCUT2D eigenvalue weighted by atomic mass is 10.1. The second-order valence-corrected chi connectivity index (χ2v) is 6.98. The van der Waals surface area contributed by atoms with Crippen molar-refractivity contribution >= 4 is 17.5 Å². The Morgan fingerprint density at radius 2 is 2.03 bits per heavy atom. The second-order valence-electron chi connectivity index (χ2n) is 6.57. The minimum absolute atomic E-state index is 0.0551. The summed E-state index contributed by atoms with van der Waals surface area (Å²) in [6, 6.07) is 12.1. The van der Waals surface area contributed by atoms with Gasteiger partial charge in [0.15, 0.2) is 6.61 Å². The van der Waals surface area contributed by atoms with Gasteiger partial charge in [-0.1, -0.05) is 23.7 Å². The number of carbonyl (C=O) groups excluding carboxylic acids is 1. The lowest BCUT2D eigenvalue weighted by Gasteiger charge is -2.17. The molecule has 1 aromatic heterocycles. The van der Waals surface area contributed by atoms with Crippen LogP contribution in [0, 0.1) is 11.6 Å². The zero-order valence-corrected chi connectivity index (χ0v) is 16.5. The normalized spacial score (nSPS) is 10.8. The maximum Gasteiger partial charge on any atom is 0.260 e. The van der Waals surface area contributed by atoms with Crippen molar-refractivity contribution in [3.05, 3.63) is 70.9 Å². The van der Waals surface area contributed by atoms with Gasteiger partial charge in [0.05, 0.1) is 10.7 Å². The highest BCUT2D eigenvalue weighted by atomic mass is 35.5. The topological polar surface area (TPSA) is 58.2 Å². The number of nitrogens with zero attached hydrogens (tertiary/aromatic N) is 2. The molecule has 152 valence electrons.